The van der Waals surface area contributed by atoms with Gasteiger partial charge in [-0.15, -0.1) is 0 Å². The highest BCUT2D eigenvalue weighted by Gasteiger charge is 2.14. The molecule has 5 heteroatoms. The van der Waals surface area contributed by atoms with Crippen LogP contribution in [0.5, 0.6) is 0 Å². The number of hydrogen-bond donors (Lipinski definition) is 1. The van der Waals surface area contributed by atoms with E-state index < -0.39 is 0 Å². The number of benzene rings is 1. The molecule has 17 heavy (non-hydrogen) atoms. The van der Waals surface area contributed by atoms with Gasteiger partial charge < -0.3 is 0 Å². The Hall–Kier alpha value is -1.91. The van der Waals surface area contributed by atoms with E-state index in [4.69, 9.17) is 17.4 Å². The average Bonchev–Trinajstić information content (AvgIpc) is 2.39. The lowest BCUT2D eigenvalue weighted by atomic mass is 10.3. The molecule has 1 aromatic heterocycles. The van der Waals surface area contributed by atoms with Crippen molar-refractivity contribution in [3.63, 3.8) is 0 Å². The third-order valence-corrected chi connectivity index (χ3v) is 2.46. The largest absolute Gasteiger partial charge is 0.291 e. The zero-order valence-electron chi connectivity index (χ0n) is 8.88. The van der Waals surface area contributed by atoms with Gasteiger partial charge in [0.05, 0.1) is 5.69 Å². The van der Waals surface area contributed by atoms with Crippen LogP contribution in [0.15, 0.2) is 48.7 Å². The number of pyridine rings is 1. The van der Waals surface area contributed by atoms with Crippen molar-refractivity contribution >= 4 is 23.2 Å². The molecule has 4 nitrogen and oxygen atoms in total. The predicted molar refractivity (Wildman–Crippen MR) is 66.7 cm³/mol. The normalized spacial score (nSPS) is 10.0. The molecule has 0 radical (unpaired) electrons. The van der Waals surface area contributed by atoms with Crippen LogP contribution in [-0.2, 0) is 0 Å². The second kappa shape index (κ2) is 4.95. The van der Waals surface area contributed by atoms with E-state index in [-0.39, 0.29) is 5.91 Å². The molecule has 0 aliphatic heterocycles. The minimum Gasteiger partial charge on any atom is -0.265 e. The highest BCUT2D eigenvalue weighted by atomic mass is 35.5. The van der Waals surface area contributed by atoms with Gasteiger partial charge in [0.25, 0.3) is 5.91 Å². The number of carbonyl (C=O) groups is 1. The van der Waals surface area contributed by atoms with E-state index in [2.05, 4.69) is 4.98 Å². The summed E-state index contributed by atoms with van der Waals surface area (Å²) < 4.78 is 0. The van der Waals surface area contributed by atoms with Gasteiger partial charge in [-0.25, -0.2) is 10.9 Å². The molecule has 0 unspecified atom stereocenters. The van der Waals surface area contributed by atoms with E-state index in [9.17, 15) is 4.79 Å². The van der Waals surface area contributed by atoms with Gasteiger partial charge in [-0.3, -0.25) is 9.78 Å². The molecule has 0 spiro atoms. The van der Waals surface area contributed by atoms with Crippen molar-refractivity contribution < 1.29 is 4.79 Å². The molecule has 0 saturated heterocycles. The molecular weight excluding hydrogens is 238 g/mol. The van der Waals surface area contributed by atoms with E-state index in [1.807, 2.05) is 0 Å². The van der Waals surface area contributed by atoms with Crippen molar-refractivity contribution in [1.82, 2.24) is 4.98 Å². The van der Waals surface area contributed by atoms with Crippen LogP contribution < -0.4 is 10.9 Å². The summed E-state index contributed by atoms with van der Waals surface area (Å²) in [5.74, 6) is 5.35. The van der Waals surface area contributed by atoms with E-state index in [0.29, 0.717) is 16.4 Å². The number of carbonyl (C=O) groups excluding carboxylic acids is 1. The van der Waals surface area contributed by atoms with E-state index in [0.717, 1.165) is 5.01 Å². The van der Waals surface area contributed by atoms with Gasteiger partial charge in [0.2, 0.25) is 0 Å². The number of amides is 1. The first kappa shape index (κ1) is 11.6. The third-order valence-electron chi connectivity index (χ3n) is 2.21. The maximum atomic E-state index is 11.9. The third kappa shape index (κ3) is 2.61. The second-order valence-electron chi connectivity index (χ2n) is 3.37. The van der Waals surface area contributed by atoms with Gasteiger partial charge in [0, 0.05) is 11.2 Å². The minimum atomic E-state index is -0.368. The quantitative estimate of drug-likeness (QED) is 0.503. The Morgan fingerprint density at radius 3 is 2.47 bits per heavy atom. The van der Waals surface area contributed by atoms with Crippen LogP contribution in [-0.4, -0.2) is 10.9 Å². The molecule has 2 rings (SSSR count). The topological polar surface area (TPSA) is 59.2 Å². The van der Waals surface area contributed by atoms with Crippen molar-refractivity contribution in [2.24, 2.45) is 5.84 Å². The van der Waals surface area contributed by atoms with Crippen LogP contribution in [0.3, 0.4) is 0 Å². The number of rotatable bonds is 2. The SMILES string of the molecule is NN(C(=O)c1ccccn1)c1ccc(Cl)cc1. The summed E-state index contributed by atoms with van der Waals surface area (Å²) in [4.78, 5) is 15.9. The summed E-state index contributed by atoms with van der Waals surface area (Å²) in [6.45, 7) is 0. The highest BCUT2D eigenvalue weighted by molar-refractivity contribution is 6.30. The molecule has 1 heterocycles. The summed E-state index contributed by atoms with van der Waals surface area (Å²) in [6, 6.07) is 11.8. The van der Waals surface area contributed by atoms with Gasteiger partial charge in [-0.1, -0.05) is 17.7 Å². The first-order valence-electron chi connectivity index (χ1n) is 4.94. The Morgan fingerprint density at radius 1 is 1.18 bits per heavy atom. The Balaban J connectivity index is 2.23. The molecule has 0 atom stereocenters. The molecule has 86 valence electrons. The number of hydrogen-bond acceptors (Lipinski definition) is 3. The second-order valence-corrected chi connectivity index (χ2v) is 3.80. The number of hydrazine groups is 1. The van der Waals surface area contributed by atoms with Crippen molar-refractivity contribution in [3.8, 4) is 0 Å². The molecule has 1 amide bonds. The fourth-order valence-electron chi connectivity index (χ4n) is 1.33. The lowest BCUT2D eigenvalue weighted by Crippen LogP contribution is -2.37. The number of nitrogens with zero attached hydrogens (tertiary/aromatic N) is 2. The smallest absolute Gasteiger partial charge is 0.265 e. The van der Waals surface area contributed by atoms with Crippen molar-refractivity contribution in [3.05, 3.63) is 59.4 Å². The zero-order chi connectivity index (χ0) is 12.3. The Labute approximate surface area is 104 Å². The molecule has 2 aromatic rings. The van der Waals surface area contributed by atoms with Gasteiger partial charge >= 0.3 is 0 Å². The van der Waals surface area contributed by atoms with Crippen molar-refractivity contribution in [2.45, 2.75) is 0 Å². The van der Waals surface area contributed by atoms with Crippen molar-refractivity contribution in [1.29, 1.82) is 0 Å². The average molecular weight is 248 g/mol. The maximum Gasteiger partial charge on any atom is 0.291 e. The first-order valence-corrected chi connectivity index (χ1v) is 5.32. The Kier molecular flexibility index (Phi) is 3.37. The fourth-order valence-corrected chi connectivity index (χ4v) is 1.46. The summed E-state index contributed by atoms with van der Waals surface area (Å²) in [5.41, 5.74) is 0.856. The molecule has 0 aliphatic carbocycles. The Bertz CT molecular complexity index is 513. The number of halogens is 1. The standard InChI is InChI=1S/C12H10ClN3O/c13-9-4-6-10(7-5-9)16(14)12(17)11-3-1-2-8-15-11/h1-8H,14H2. The van der Waals surface area contributed by atoms with E-state index in [1.165, 1.54) is 0 Å². The monoisotopic (exact) mass is 247 g/mol. The maximum absolute atomic E-state index is 11.9. The number of nitrogens with two attached hydrogens (primary N) is 1. The molecule has 0 aliphatic rings. The lowest BCUT2D eigenvalue weighted by Gasteiger charge is -2.15. The van der Waals surface area contributed by atoms with Gasteiger partial charge in [0.1, 0.15) is 5.69 Å². The van der Waals surface area contributed by atoms with Crippen LogP contribution in [0.2, 0.25) is 5.02 Å². The summed E-state index contributed by atoms with van der Waals surface area (Å²) >= 11 is 5.76. The van der Waals surface area contributed by atoms with Crippen LogP contribution >= 0.6 is 11.6 Å². The fraction of sp³-hybridized carbons (Fsp3) is 0. The van der Waals surface area contributed by atoms with Gasteiger partial charge in [0.15, 0.2) is 0 Å². The number of anilines is 1. The molecule has 0 saturated carbocycles. The van der Waals surface area contributed by atoms with Crippen LogP contribution in [0.4, 0.5) is 5.69 Å². The van der Waals surface area contributed by atoms with Crippen LogP contribution in [0, 0.1) is 0 Å². The van der Waals surface area contributed by atoms with E-state index in [1.54, 1.807) is 48.7 Å². The first-order chi connectivity index (χ1) is 8.18. The summed E-state index contributed by atoms with van der Waals surface area (Å²) in [7, 11) is 0. The molecular formula is C12H10ClN3O. The lowest BCUT2D eigenvalue weighted by molar-refractivity contribution is 0.0982. The van der Waals surface area contributed by atoms with Crippen molar-refractivity contribution in [2.75, 3.05) is 5.01 Å². The summed E-state index contributed by atoms with van der Waals surface area (Å²) in [5, 5.41) is 1.63. The molecule has 2 N–H and O–H groups in total. The Morgan fingerprint density at radius 2 is 1.88 bits per heavy atom. The number of aromatic nitrogens is 1. The highest BCUT2D eigenvalue weighted by Crippen LogP contribution is 2.16. The minimum absolute atomic E-state index is 0.296. The van der Waals surface area contributed by atoms with Gasteiger partial charge in [-0.05, 0) is 36.4 Å². The van der Waals surface area contributed by atoms with Gasteiger partial charge in [-0.2, -0.15) is 0 Å². The molecule has 0 fully saturated rings. The van der Waals surface area contributed by atoms with Crippen LogP contribution in [0.1, 0.15) is 10.5 Å². The summed E-state index contributed by atoms with van der Waals surface area (Å²) in [6.07, 6.45) is 1.54. The molecule has 1 aromatic carbocycles. The molecule has 0 bridgehead atoms. The van der Waals surface area contributed by atoms with Crippen LogP contribution in [0.25, 0.3) is 0 Å². The van der Waals surface area contributed by atoms with E-state index >= 15 is 0 Å². The predicted octanol–water partition coefficient (Wildman–Crippen LogP) is 2.26. The zero-order valence-corrected chi connectivity index (χ0v) is 9.63.